The van der Waals surface area contributed by atoms with Gasteiger partial charge in [-0.05, 0) is 75.4 Å². The number of fused-ring (bicyclic) bond motifs is 5. The quantitative estimate of drug-likeness (QED) is 0.796. The van der Waals surface area contributed by atoms with E-state index in [1.54, 1.807) is 13.0 Å². The van der Waals surface area contributed by atoms with Crippen molar-refractivity contribution in [2.45, 2.75) is 65.1 Å². The van der Waals surface area contributed by atoms with E-state index in [2.05, 4.69) is 13.8 Å². The Labute approximate surface area is 155 Å². The van der Waals surface area contributed by atoms with Gasteiger partial charge in [-0.1, -0.05) is 18.1 Å². The van der Waals surface area contributed by atoms with Crippen LogP contribution in [0.15, 0.2) is 23.3 Å². The van der Waals surface area contributed by atoms with Crippen molar-refractivity contribution in [3.05, 3.63) is 23.3 Å². The second kappa shape index (κ2) is 6.13. The Balaban J connectivity index is 1.71. The second-order valence-electron chi connectivity index (χ2n) is 9.24. The van der Waals surface area contributed by atoms with Crippen LogP contribution in [0.3, 0.4) is 0 Å². The zero-order valence-corrected chi connectivity index (χ0v) is 15.9. The summed E-state index contributed by atoms with van der Waals surface area (Å²) in [6, 6.07) is 0. The molecule has 0 aromatic carbocycles. The monoisotopic (exact) mass is 358 g/mol. The molecule has 0 aromatic heterocycles. The summed E-state index contributed by atoms with van der Waals surface area (Å²) in [5, 5.41) is 20.5. The summed E-state index contributed by atoms with van der Waals surface area (Å²) in [5.74, 6) is 1.22. The van der Waals surface area contributed by atoms with Crippen molar-refractivity contribution < 1.29 is 19.8 Å². The van der Waals surface area contributed by atoms with E-state index in [0.29, 0.717) is 18.3 Å². The van der Waals surface area contributed by atoms with Gasteiger partial charge in [0.25, 0.3) is 0 Å². The van der Waals surface area contributed by atoms with Crippen molar-refractivity contribution in [2.24, 2.45) is 35.0 Å². The van der Waals surface area contributed by atoms with E-state index in [-0.39, 0.29) is 34.7 Å². The molecule has 0 amide bonds. The molecule has 0 aliphatic heterocycles. The Morgan fingerprint density at radius 2 is 1.88 bits per heavy atom. The normalized spacial score (nSPS) is 44.4. The van der Waals surface area contributed by atoms with E-state index in [1.165, 1.54) is 5.57 Å². The van der Waals surface area contributed by atoms with E-state index in [4.69, 9.17) is 0 Å². The highest BCUT2D eigenvalue weighted by Crippen LogP contribution is 2.63. The molecule has 0 bridgehead atoms. The van der Waals surface area contributed by atoms with Gasteiger partial charge in [0.15, 0.2) is 5.78 Å². The minimum Gasteiger partial charge on any atom is -0.391 e. The number of carbonyl (C=O) groups is 2. The highest BCUT2D eigenvalue weighted by molar-refractivity contribution is 6.02. The van der Waals surface area contributed by atoms with Gasteiger partial charge >= 0.3 is 0 Å². The number of carbonyl (C=O) groups excluding carboxylic acids is 2. The van der Waals surface area contributed by atoms with E-state index >= 15 is 0 Å². The highest BCUT2D eigenvalue weighted by Gasteiger charge is 2.58. The van der Waals surface area contributed by atoms with Crippen molar-refractivity contribution in [3.8, 4) is 0 Å². The van der Waals surface area contributed by atoms with Crippen LogP contribution in [-0.4, -0.2) is 34.0 Å². The fraction of sp³-hybridized carbons (Fsp3) is 0.727. The van der Waals surface area contributed by atoms with Gasteiger partial charge < -0.3 is 10.2 Å². The van der Waals surface area contributed by atoms with Crippen LogP contribution in [0.1, 0.15) is 52.9 Å². The summed E-state index contributed by atoms with van der Waals surface area (Å²) in [6.07, 6.45) is 6.11. The van der Waals surface area contributed by atoms with Crippen molar-refractivity contribution >= 4 is 11.6 Å². The van der Waals surface area contributed by atoms with Crippen molar-refractivity contribution in [1.82, 2.24) is 0 Å². The average molecular weight is 358 g/mol. The molecule has 0 saturated heterocycles. The van der Waals surface area contributed by atoms with Crippen LogP contribution in [0.4, 0.5) is 0 Å². The fourth-order valence-corrected chi connectivity index (χ4v) is 6.82. The van der Waals surface area contributed by atoms with Crippen LogP contribution in [0.5, 0.6) is 0 Å². The topological polar surface area (TPSA) is 74.6 Å². The van der Waals surface area contributed by atoms with Crippen molar-refractivity contribution in [3.63, 3.8) is 0 Å². The number of aliphatic hydroxyl groups excluding tert-OH is 2. The Bertz CT molecular complexity index is 703. The predicted octanol–water partition coefficient (Wildman–Crippen LogP) is 2.83. The molecule has 0 heterocycles. The number of hydrogen-bond donors (Lipinski definition) is 2. The molecule has 0 spiro atoms. The summed E-state index contributed by atoms with van der Waals surface area (Å²) in [7, 11) is 0. The van der Waals surface area contributed by atoms with Gasteiger partial charge in [0.2, 0.25) is 0 Å². The minimum atomic E-state index is -0.831. The summed E-state index contributed by atoms with van der Waals surface area (Å²) >= 11 is 0. The molecule has 8 atom stereocenters. The maximum Gasteiger partial charge on any atom is 0.178 e. The lowest BCUT2D eigenvalue weighted by molar-refractivity contribution is -0.123. The summed E-state index contributed by atoms with van der Waals surface area (Å²) in [5.41, 5.74) is 2.29. The zero-order valence-electron chi connectivity index (χ0n) is 15.9. The van der Waals surface area contributed by atoms with Crippen LogP contribution in [0.25, 0.3) is 0 Å². The largest absolute Gasteiger partial charge is 0.391 e. The maximum atomic E-state index is 12.6. The van der Waals surface area contributed by atoms with Gasteiger partial charge in [-0.25, -0.2) is 0 Å². The molecule has 0 radical (unpaired) electrons. The Morgan fingerprint density at radius 3 is 2.58 bits per heavy atom. The smallest absolute Gasteiger partial charge is 0.178 e. The molecule has 4 heteroatoms. The lowest BCUT2D eigenvalue weighted by Crippen LogP contribution is -2.50. The number of aliphatic hydroxyl groups is 2. The van der Waals surface area contributed by atoms with Gasteiger partial charge in [-0.15, -0.1) is 0 Å². The lowest BCUT2D eigenvalue weighted by atomic mass is 9.48. The number of ketones is 2. The second-order valence-corrected chi connectivity index (χ2v) is 9.24. The third kappa shape index (κ3) is 2.41. The third-order valence-corrected chi connectivity index (χ3v) is 8.19. The molecule has 4 aliphatic rings. The first-order valence-electron chi connectivity index (χ1n) is 10.1. The average Bonchev–Trinajstić information content (AvgIpc) is 2.92. The maximum absolute atomic E-state index is 12.6. The molecule has 4 nitrogen and oxygen atoms in total. The summed E-state index contributed by atoms with van der Waals surface area (Å²) < 4.78 is 0. The number of rotatable bonds is 2. The lowest BCUT2D eigenvalue weighted by Gasteiger charge is -2.55. The SMILES string of the molecule is CC1=CC(=O)C=C2CCC3C4C(CCC3C12C)C(=O)CC4C(O)C(C)O. The summed E-state index contributed by atoms with van der Waals surface area (Å²) in [6.45, 7) is 5.96. The standard InChI is InChI=1S/C22H30O4/c1-11-8-14(24)9-13-4-5-15-18(22(11,13)3)7-6-16-19(25)10-17(20(15)16)21(26)12(2)23/h8-9,12,15-18,20-21,23,26H,4-7,10H2,1-3H3. The third-order valence-electron chi connectivity index (χ3n) is 8.19. The molecule has 0 aromatic rings. The first-order chi connectivity index (χ1) is 12.2. The van der Waals surface area contributed by atoms with Crippen molar-refractivity contribution in [2.75, 3.05) is 0 Å². The Kier molecular flexibility index (Phi) is 4.27. The zero-order chi connectivity index (χ0) is 18.8. The first kappa shape index (κ1) is 18.1. The number of allylic oxidation sites excluding steroid dienone is 4. The molecule has 4 rings (SSSR count). The number of hydrogen-bond acceptors (Lipinski definition) is 4. The van der Waals surface area contributed by atoms with Crippen LogP contribution < -0.4 is 0 Å². The molecular formula is C22H30O4. The summed E-state index contributed by atoms with van der Waals surface area (Å²) in [4.78, 5) is 24.6. The Hall–Kier alpha value is -1.26. The van der Waals surface area contributed by atoms with Crippen molar-refractivity contribution in [1.29, 1.82) is 0 Å². The van der Waals surface area contributed by atoms with Crippen LogP contribution in [-0.2, 0) is 9.59 Å². The van der Waals surface area contributed by atoms with E-state index < -0.39 is 12.2 Å². The molecule has 4 aliphatic carbocycles. The van der Waals surface area contributed by atoms with Gasteiger partial charge in [0.05, 0.1) is 12.2 Å². The molecule has 8 unspecified atom stereocenters. The molecule has 142 valence electrons. The molecule has 2 N–H and O–H groups in total. The van der Waals surface area contributed by atoms with Crippen LogP contribution in [0, 0.1) is 35.0 Å². The molecule has 3 fully saturated rings. The molecule has 3 saturated carbocycles. The van der Waals surface area contributed by atoms with Gasteiger partial charge in [-0.2, -0.15) is 0 Å². The fourth-order valence-electron chi connectivity index (χ4n) is 6.82. The van der Waals surface area contributed by atoms with Crippen LogP contribution in [0.2, 0.25) is 0 Å². The predicted molar refractivity (Wildman–Crippen MR) is 98.2 cm³/mol. The minimum absolute atomic E-state index is 0.0401. The van der Waals surface area contributed by atoms with Gasteiger partial charge in [-0.3, -0.25) is 9.59 Å². The van der Waals surface area contributed by atoms with Gasteiger partial charge in [0.1, 0.15) is 5.78 Å². The van der Waals surface area contributed by atoms with Crippen LogP contribution >= 0.6 is 0 Å². The van der Waals surface area contributed by atoms with Gasteiger partial charge in [0, 0.05) is 17.8 Å². The molecular weight excluding hydrogens is 328 g/mol. The number of Topliss-reactive ketones (excluding diaryl/α,β-unsaturated/α-hetero) is 1. The Morgan fingerprint density at radius 1 is 1.15 bits per heavy atom. The highest BCUT2D eigenvalue weighted by atomic mass is 16.3. The molecule has 26 heavy (non-hydrogen) atoms. The van der Waals surface area contributed by atoms with E-state index in [1.807, 2.05) is 6.08 Å². The van der Waals surface area contributed by atoms with E-state index in [9.17, 15) is 19.8 Å². The first-order valence-corrected chi connectivity index (χ1v) is 10.1. The van der Waals surface area contributed by atoms with E-state index in [0.717, 1.165) is 31.3 Å².